The van der Waals surface area contributed by atoms with Gasteiger partial charge in [0, 0.05) is 12.7 Å². The summed E-state index contributed by atoms with van der Waals surface area (Å²) in [6.07, 6.45) is 0.231. The average molecular weight is 377 g/mol. The number of nitrogens with zero attached hydrogens (tertiary/aromatic N) is 1. The summed E-state index contributed by atoms with van der Waals surface area (Å²) in [6, 6.07) is 5.44. The molecule has 1 aliphatic heterocycles. The molecule has 146 valence electrons. The zero-order valence-electron chi connectivity index (χ0n) is 15.6. The number of esters is 1. The zero-order chi connectivity index (χ0) is 19.2. The molecule has 8 nitrogen and oxygen atoms in total. The Morgan fingerprint density at radius 2 is 2.07 bits per heavy atom. The van der Waals surface area contributed by atoms with Gasteiger partial charge in [-0.25, -0.2) is 4.79 Å². The predicted molar refractivity (Wildman–Crippen MR) is 94.4 cm³/mol. The summed E-state index contributed by atoms with van der Waals surface area (Å²) in [5.41, 5.74) is 1.83. The first-order valence-corrected chi connectivity index (χ1v) is 8.79. The molecular formula is C19H23NO7. The number of carbonyl (C=O) groups excluding carboxylic acids is 1. The number of ether oxygens (including phenoxy) is 5. The molecule has 1 fully saturated rings. The van der Waals surface area contributed by atoms with Gasteiger partial charge in [-0.3, -0.25) is 0 Å². The standard InChI is InChI=1S/C19H23NO7/c1-4-23-18(21)15-12(2)27-20-17(15)16-13(19-24-9-6-10-25-19)7-5-8-14(16)26-11-22-3/h5,7-8,19H,4,6,9-11H2,1-3H3. The van der Waals surface area contributed by atoms with E-state index in [9.17, 15) is 4.79 Å². The van der Waals surface area contributed by atoms with Crippen LogP contribution >= 0.6 is 0 Å². The molecule has 1 aliphatic rings. The van der Waals surface area contributed by atoms with E-state index in [4.69, 9.17) is 28.2 Å². The fourth-order valence-electron chi connectivity index (χ4n) is 2.89. The van der Waals surface area contributed by atoms with Crippen LogP contribution in [0.4, 0.5) is 0 Å². The van der Waals surface area contributed by atoms with E-state index in [0.29, 0.717) is 41.5 Å². The lowest BCUT2D eigenvalue weighted by molar-refractivity contribution is -0.182. The molecule has 8 heteroatoms. The van der Waals surface area contributed by atoms with Crippen LogP contribution in [-0.2, 0) is 18.9 Å². The molecule has 1 aromatic heterocycles. The van der Waals surface area contributed by atoms with Crippen molar-refractivity contribution >= 4 is 5.97 Å². The van der Waals surface area contributed by atoms with Crippen LogP contribution in [0.5, 0.6) is 5.75 Å². The van der Waals surface area contributed by atoms with Crippen LogP contribution in [0.25, 0.3) is 11.3 Å². The number of rotatable bonds is 7. The van der Waals surface area contributed by atoms with E-state index in [-0.39, 0.29) is 19.0 Å². The molecule has 3 rings (SSSR count). The maximum atomic E-state index is 12.5. The number of hydrogen-bond donors (Lipinski definition) is 0. The number of methoxy groups -OCH3 is 1. The number of aryl methyl sites for hydroxylation is 1. The Morgan fingerprint density at radius 3 is 2.78 bits per heavy atom. The third-order valence-electron chi connectivity index (χ3n) is 4.05. The summed E-state index contributed by atoms with van der Waals surface area (Å²) in [4.78, 5) is 12.5. The molecule has 0 amide bonds. The number of hydrogen-bond acceptors (Lipinski definition) is 8. The summed E-state index contributed by atoms with van der Waals surface area (Å²) in [6.45, 7) is 4.84. The number of carbonyl (C=O) groups is 1. The Hall–Kier alpha value is -2.42. The van der Waals surface area contributed by atoms with Gasteiger partial charge in [-0.05, 0) is 26.3 Å². The lowest BCUT2D eigenvalue weighted by Gasteiger charge is -2.26. The minimum absolute atomic E-state index is 0.0361. The normalized spacial score (nSPS) is 14.9. The van der Waals surface area contributed by atoms with Crippen LogP contribution in [0.15, 0.2) is 22.7 Å². The highest BCUT2D eigenvalue weighted by atomic mass is 16.7. The summed E-state index contributed by atoms with van der Waals surface area (Å²) >= 11 is 0. The summed E-state index contributed by atoms with van der Waals surface area (Å²) in [5.74, 6) is 0.330. The largest absolute Gasteiger partial charge is 0.467 e. The van der Waals surface area contributed by atoms with Crippen LogP contribution in [-0.4, -0.2) is 44.8 Å². The fraction of sp³-hybridized carbons (Fsp3) is 0.474. The molecule has 2 heterocycles. The molecular weight excluding hydrogens is 354 g/mol. The molecule has 0 saturated carbocycles. The minimum Gasteiger partial charge on any atom is -0.467 e. The smallest absolute Gasteiger partial charge is 0.344 e. The Labute approximate surface area is 157 Å². The monoisotopic (exact) mass is 377 g/mol. The number of aromatic nitrogens is 1. The minimum atomic E-state index is -0.591. The van der Waals surface area contributed by atoms with E-state index >= 15 is 0 Å². The highest BCUT2D eigenvalue weighted by Gasteiger charge is 2.30. The molecule has 0 aliphatic carbocycles. The summed E-state index contributed by atoms with van der Waals surface area (Å²) in [7, 11) is 1.53. The van der Waals surface area contributed by atoms with Crippen molar-refractivity contribution in [2.75, 3.05) is 33.7 Å². The van der Waals surface area contributed by atoms with Crippen molar-refractivity contribution in [1.29, 1.82) is 0 Å². The van der Waals surface area contributed by atoms with Crippen molar-refractivity contribution in [3.63, 3.8) is 0 Å². The Bertz CT molecular complexity index is 780. The maximum Gasteiger partial charge on any atom is 0.344 e. The van der Waals surface area contributed by atoms with E-state index in [0.717, 1.165) is 6.42 Å². The summed E-state index contributed by atoms with van der Waals surface area (Å²) < 4.78 is 32.7. The van der Waals surface area contributed by atoms with Gasteiger partial charge in [0.05, 0.1) is 25.4 Å². The summed E-state index contributed by atoms with van der Waals surface area (Å²) in [5, 5.41) is 4.11. The lowest BCUT2D eigenvalue weighted by atomic mass is 9.98. The Morgan fingerprint density at radius 1 is 1.30 bits per heavy atom. The quantitative estimate of drug-likeness (QED) is 0.537. The molecule has 1 saturated heterocycles. The van der Waals surface area contributed by atoms with E-state index in [1.807, 2.05) is 12.1 Å². The molecule has 2 aromatic rings. The van der Waals surface area contributed by atoms with Crippen molar-refractivity contribution in [2.45, 2.75) is 26.6 Å². The third kappa shape index (κ3) is 4.13. The molecule has 27 heavy (non-hydrogen) atoms. The van der Waals surface area contributed by atoms with Gasteiger partial charge in [0.25, 0.3) is 0 Å². The van der Waals surface area contributed by atoms with Crippen molar-refractivity contribution in [3.8, 4) is 17.0 Å². The van der Waals surface area contributed by atoms with Gasteiger partial charge in [-0.15, -0.1) is 0 Å². The van der Waals surface area contributed by atoms with Crippen LogP contribution < -0.4 is 4.74 Å². The lowest BCUT2D eigenvalue weighted by Crippen LogP contribution is -2.19. The van der Waals surface area contributed by atoms with Gasteiger partial charge in [-0.2, -0.15) is 0 Å². The molecule has 0 unspecified atom stereocenters. The first kappa shape index (κ1) is 19.3. The van der Waals surface area contributed by atoms with E-state index < -0.39 is 12.3 Å². The van der Waals surface area contributed by atoms with Crippen LogP contribution in [0.3, 0.4) is 0 Å². The Kier molecular flexibility index (Phi) is 6.44. The van der Waals surface area contributed by atoms with Gasteiger partial charge < -0.3 is 28.2 Å². The molecule has 0 radical (unpaired) electrons. The topological polar surface area (TPSA) is 89.3 Å². The van der Waals surface area contributed by atoms with Gasteiger partial charge in [0.2, 0.25) is 0 Å². The number of benzene rings is 1. The van der Waals surface area contributed by atoms with Gasteiger partial charge in [0.15, 0.2) is 13.1 Å². The van der Waals surface area contributed by atoms with Gasteiger partial charge in [0.1, 0.15) is 22.8 Å². The first-order chi connectivity index (χ1) is 13.2. The molecule has 0 bridgehead atoms. The zero-order valence-corrected chi connectivity index (χ0v) is 15.6. The van der Waals surface area contributed by atoms with E-state index in [2.05, 4.69) is 5.16 Å². The third-order valence-corrected chi connectivity index (χ3v) is 4.05. The van der Waals surface area contributed by atoms with E-state index in [1.165, 1.54) is 7.11 Å². The second-order valence-corrected chi connectivity index (χ2v) is 5.88. The SMILES string of the molecule is CCOC(=O)c1c(-c2c(OCOC)cccc2C2OCCCO2)noc1C. The average Bonchev–Trinajstić information content (AvgIpc) is 3.08. The second kappa shape index (κ2) is 8.98. The highest BCUT2D eigenvalue weighted by Crippen LogP contribution is 2.40. The van der Waals surface area contributed by atoms with Crippen LogP contribution in [0, 0.1) is 6.92 Å². The van der Waals surface area contributed by atoms with Gasteiger partial charge in [-0.1, -0.05) is 17.3 Å². The van der Waals surface area contributed by atoms with Crippen LogP contribution in [0.1, 0.15) is 41.3 Å². The molecule has 0 atom stereocenters. The fourth-order valence-corrected chi connectivity index (χ4v) is 2.89. The Balaban J connectivity index is 2.13. The first-order valence-electron chi connectivity index (χ1n) is 8.79. The highest BCUT2D eigenvalue weighted by molar-refractivity contribution is 5.98. The molecule has 1 aromatic carbocycles. The predicted octanol–water partition coefficient (Wildman–Crippen LogP) is 3.24. The molecule has 0 N–H and O–H groups in total. The van der Waals surface area contributed by atoms with Crippen LogP contribution in [0.2, 0.25) is 0 Å². The van der Waals surface area contributed by atoms with Crippen molar-refractivity contribution < 1.29 is 33.0 Å². The molecule has 0 spiro atoms. The second-order valence-electron chi connectivity index (χ2n) is 5.88. The van der Waals surface area contributed by atoms with Crippen molar-refractivity contribution in [1.82, 2.24) is 5.16 Å². The van der Waals surface area contributed by atoms with Gasteiger partial charge >= 0.3 is 5.97 Å². The van der Waals surface area contributed by atoms with Crippen molar-refractivity contribution in [3.05, 3.63) is 35.1 Å². The van der Waals surface area contributed by atoms with Crippen molar-refractivity contribution in [2.24, 2.45) is 0 Å². The maximum absolute atomic E-state index is 12.5. The van der Waals surface area contributed by atoms with E-state index in [1.54, 1.807) is 19.9 Å².